The van der Waals surface area contributed by atoms with Gasteiger partial charge < -0.3 is 4.74 Å². The zero-order chi connectivity index (χ0) is 10.7. The number of halogens is 2. The molecule has 0 heterocycles. The lowest BCUT2D eigenvalue weighted by Gasteiger charge is -2.09. The van der Waals surface area contributed by atoms with Gasteiger partial charge in [-0.25, -0.2) is 0 Å². The maximum Gasteiger partial charge on any atom is 0.387 e. The molecule has 1 aromatic carbocycles. The second-order valence-corrected chi connectivity index (χ2v) is 2.92. The zero-order valence-electron chi connectivity index (χ0n) is 7.84. The lowest BCUT2D eigenvalue weighted by Crippen LogP contribution is -2.04. The summed E-state index contributed by atoms with van der Waals surface area (Å²) in [6.07, 6.45) is 0. The van der Waals surface area contributed by atoms with Crippen LogP contribution in [0.5, 0.6) is 5.75 Å². The molecular formula is C10H9F2NO. The molecule has 2 nitrogen and oxygen atoms in total. The van der Waals surface area contributed by atoms with Crippen molar-refractivity contribution in [2.24, 2.45) is 0 Å². The van der Waals surface area contributed by atoms with Gasteiger partial charge in [-0.05, 0) is 37.1 Å². The van der Waals surface area contributed by atoms with Crippen LogP contribution >= 0.6 is 0 Å². The number of hydrogen-bond donors (Lipinski definition) is 0. The smallest absolute Gasteiger partial charge is 0.387 e. The minimum atomic E-state index is -2.83. The number of benzene rings is 1. The summed E-state index contributed by atoms with van der Waals surface area (Å²) in [4.78, 5) is 0. The van der Waals surface area contributed by atoms with Crippen LogP contribution in [0.4, 0.5) is 8.78 Å². The van der Waals surface area contributed by atoms with Crippen molar-refractivity contribution in [2.75, 3.05) is 0 Å². The predicted octanol–water partition coefficient (Wildman–Crippen LogP) is 2.78. The van der Waals surface area contributed by atoms with Gasteiger partial charge in [0.05, 0.1) is 11.6 Å². The standard InChI is InChI=1S/C10H9F2NO/c1-6-4-9(14-10(11)12)7(2)3-8(6)5-13/h3-4,10H,1-2H3. The van der Waals surface area contributed by atoms with E-state index in [1.165, 1.54) is 12.1 Å². The molecule has 0 bridgehead atoms. The second kappa shape index (κ2) is 4.05. The minimum Gasteiger partial charge on any atom is -0.435 e. The fraction of sp³-hybridized carbons (Fsp3) is 0.300. The molecule has 0 aromatic heterocycles. The quantitative estimate of drug-likeness (QED) is 0.730. The molecule has 0 saturated carbocycles. The van der Waals surface area contributed by atoms with E-state index < -0.39 is 6.61 Å². The Bertz CT molecular complexity index is 382. The summed E-state index contributed by atoms with van der Waals surface area (Å²) < 4.78 is 28.1. The van der Waals surface area contributed by atoms with E-state index in [2.05, 4.69) is 4.74 Å². The van der Waals surface area contributed by atoms with Gasteiger partial charge in [-0.1, -0.05) is 0 Å². The molecule has 74 valence electrons. The Kier molecular flexibility index (Phi) is 3.03. The first kappa shape index (κ1) is 10.5. The third-order valence-electron chi connectivity index (χ3n) is 1.86. The van der Waals surface area contributed by atoms with Gasteiger partial charge in [0.1, 0.15) is 5.75 Å². The fourth-order valence-electron chi connectivity index (χ4n) is 1.13. The van der Waals surface area contributed by atoms with Crippen LogP contribution in [0, 0.1) is 25.2 Å². The van der Waals surface area contributed by atoms with Crippen molar-refractivity contribution in [1.29, 1.82) is 5.26 Å². The van der Waals surface area contributed by atoms with E-state index in [9.17, 15) is 8.78 Å². The SMILES string of the molecule is Cc1cc(OC(F)F)c(C)cc1C#N. The topological polar surface area (TPSA) is 33.0 Å². The summed E-state index contributed by atoms with van der Waals surface area (Å²) >= 11 is 0. The van der Waals surface area contributed by atoms with E-state index >= 15 is 0 Å². The number of nitriles is 1. The Morgan fingerprint density at radius 1 is 1.29 bits per heavy atom. The molecule has 0 aliphatic rings. The maximum atomic E-state index is 11.9. The zero-order valence-corrected chi connectivity index (χ0v) is 7.84. The van der Waals surface area contributed by atoms with E-state index in [0.717, 1.165) is 0 Å². The number of alkyl halides is 2. The lowest BCUT2D eigenvalue weighted by molar-refractivity contribution is -0.0503. The highest BCUT2D eigenvalue weighted by Gasteiger charge is 2.09. The second-order valence-electron chi connectivity index (χ2n) is 2.92. The average molecular weight is 197 g/mol. The Morgan fingerprint density at radius 3 is 2.43 bits per heavy atom. The van der Waals surface area contributed by atoms with E-state index in [0.29, 0.717) is 16.7 Å². The van der Waals surface area contributed by atoms with Gasteiger partial charge >= 0.3 is 6.61 Å². The van der Waals surface area contributed by atoms with E-state index in [1.54, 1.807) is 13.8 Å². The molecule has 0 spiro atoms. The molecule has 0 radical (unpaired) electrons. The number of nitrogens with zero attached hydrogens (tertiary/aromatic N) is 1. The molecule has 14 heavy (non-hydrogen) atoms. The number of ether oxygens (including phenoxy) is 1. The minimum absolute atomic E-state index is 0.122. The van der Waals surface area contributed by atoms with Crippen LogP contribution in [0.25, 0.3) is 0 Å². The summed E-state index contributed by atoms with van der Waals surface area (Å²) in [5, 5.41) is 8.68. The molecule has 0 saturated heterocycles. The third-order valence-corrected chi connectivity index (χ3v) is 1.86. The Morgan fingerprint density at radius 2 is 1.93 bits per heavy atom. The molecule has 0 amide bonds. The normalized spacial score (nSPS) is 10.0. The van der Waals surface area contributed by atoms with Crippen molar-refractivity contribution in [3.63, 3.8) is 0 Å². The number of aryl methyl sites for hydroxylation is 2. The van der Waals surface area contributed by atoms with Gasteiger partial charge in [-0.3, -0.25) is 0 Å². The molecule has 4 heteroatoms. The van der Waals surface area contributed by atoms with E-state index in [4.69, 9.17) is 5.26 Å². The van der Waals surface area contributed by atoms with Crippen molar-refractivity contribution in [3.8, 4) is 11.8 Å². The molecular weight excluding hydrogens is 188 g/mol. The largest absolute Gasteiger partial charge is 0.435 e. The average Bonchev–Trinajstić information content (AvgIpc) is 2.10. The number of hydrogen-bond acceptors (Lipinski definition) is 2. The van der Waals surface area contributed by atoms with Crippen molar-refractivity contribution in [3.05, 3.63) is 28.8 Å². The Labute approximate surface area is 80.7 Å². The van der Waals surface area contributed by atoms with Gasteiger partial charge in [0.25, 0.3) is 0 Å². The van der Waals surface area contributed by atoms with Crippen LogP contribution in [-0.2, 0) is 0 Å². The third kappa shape index (κ3) is 2.19. The highest BCUT2D eigenvalue weighted by molar-refractivity contribution is 5.46. The van der Waals surface area contributed by atoms with Crippen molar-refractivity contribution >= 4 is 0 Å². The molecule has 0 aliphatic heterocycles. The van der Waals surface area contributed by atoms with Crippen LogP contribution in [0.15, 0.2) is 12.1 Å². The van der Waals surface area contributed by atoms with Gasteiger partial charge in [0.2, 0.25) is 0 Å². The Hall–Kier alpha value is -1.63. The fourth-order valence-corrected chi connectivity index (χ4v) is 1.13. The summed E-state index contributed by atoms with van der Waals surface area (Å²) in [5.41, 5.74) is 1.64. The molecule has 1 aromatic rings. The van der Waals surface area contributed by atoms with Crippen LogP contribution < -0.4 is 4.74 Å². The highest BCUT2D eigenvalue weighted by Crippen LogP contribution is 2.23. The van der Waals surface area contributed by atoms with Crippen LogP contribution in [-0.4, -0.2) is 6.61 Å². The van der Waals surface area contributed by atoms with Crippen molar-refractivity contribution in [2.45, 2.75) is 20.5 Å². The molecule has 0 unspecified atom stereocenters. The number of rotatable bonds is 2. The molecule has 0 atom stereocenters. The molecule has 0 N–H and O–H groups in total. The highest BCUT2D eigenvalue weighted by atomic mass is 19.3. The van der Waals surface area contributed by atoms with Crippen LogP contribution in [0.2, 0.25) is 0 Å². The van der Waals surface area contributed by atoms with Gasteiger partial charge in [0, 0.05) is 0 Å². The van der Waals surface area contributed by atoms with Crippen LogP contribution in [0.3, 0.4) is 0 Å². The molecule has 0 fully saturated rings. The first-order chi connectivity index (χ1) is 6.54. The van der Waals surface area contributed by atoms with E-state index in [1.807, 2.05) is 6.07 Å². The van der Waals surface area contributed by atoms with Crippen LogP contribution in [0.1, 0.15) is 16.7 Å². The predicted molar refractivity (Wildman–Crippen MR) is 47.3 cm³/mol. The van der Waals surface area contributed by atoms with Gasteiger partial charge in [-0.15, -0.1) is 0 Å². The first-order valence-corrected chi connectivity index (χ1v) is 4.00. The Balaban J connectivity index is 3.10. The van der Waals surface area contributed by atoms with Gasteiger partial charge in [-0.2, -0.15) is 14.0 Å². The lowest BCUT2D eigenvalue weighted by atomic mass is 10.1. The monoisotopic (exact) mass is 197 g/mol. The first-order valence-electron chi connectivity index (χ1n) is 4.00. The van der Waals surface area contributed by atoms with Crippen molar-refractivity contribution < 1.29 is 13.5 Å². The summed E-state index contributed by atoms with van der Waals surface area (Å²) in [6, 6.07) is 4.95. The van der Waals surface area contributed by atoms with E-state index in [-0.39, 0.29) is 5.75 Å². The summed E-state index contributed by atoms with van der Waals surface area (Å²) in [5.74, 6) is 0.122. The summed E-state index contributed by atoms with van der Waals surface area (Å²) in [6.45, 7) is 0.468. The molecule has 0 aliphatic carbocycles. The van der Waals surface area contributed by atoms with Crippen molar-refractivity contribution in [1.82, 2.24) is 0 Å². The molecule has 1 rings (SSSR count). The maximum absolute atomic E-state index is 11.9. The van der Waals surface area contributed by atoms with Gasteiger partial charge in [0.15, 0.2) is 0 Å². The summed E-state index contributed by atoms with van der Waals surface area (Å²) in [7, 11) is 0.